The molecule has 208 valence electrons. The number of hydrogen-bond donors (Lipinski definition) is 2. The molecule has 0 radical (unpaired) electrons. The number of allylic oxidation sites excluding steroid dienone is 1. The van der Waals surface area contributed by atoms with Crippen molar-refractivity contribution in [3.05, 3.63) is 72.1 Å². The van der Waals surface area contributed by atoms with Crippen LogP contribution in [0.2, 0.25) is 0 Å². The average molecular weight is 559 g/mol. The third kappa shape index (κ3) is 6.14. The Labute approximate surface area is 225 Å². The molecule has 0 bridgehead atoms. The van der Waals surface area contributed by atoms with E-state index in [2.05, 4.69) is 0 Å². The van der Waals surface area contributed by atoms with Crippen molar-refractivity contribution in [1.82, 2.24) is 8.87 Å². The van der Waals surface area contributed by atoms with Crippen molar-refractivity contribution in [2.75, 3.05) is 33.4 Å². The van der Waals surface area contributed by atoms with Crippen molar-refractivity contribution in [3.8, 4) is 5.75 Å². The summed E-state index contributed by atoms with van der Waals surface area (Å²) in [6.07, 6.45) is 2.44. The Morgan fingerprint density at radius 3 is 2.49 bits per heavy atom. The zero-order valence-electron chi connectivity index (χ0n) is 21.5. The topological polar surface area (TPSA) is 145 Å². The molecule has 1 aromatic heterocycles. The Bertz CT molecular complexity index is 1480. The van der Waals surface area contributed by atoms with E-state index < -0.39 is 34.8 Å². The van der Waals surface area contributed by atoms with E-state index in [9.17, 15) is 28.2 Å². The van der Waals surface area contributed by atoms with E-state index >= 15 is 0 Å². The van der Waals surface area contributed by atoms with E-state index in [1.165, 1.54) is 48.9 Å². The molecule has 0 amide bonds. The normalized spacial score (nSPS) is 17.6. The number of para-hydroxylation sites is 1. The highest BCUT2D eigenvalue weighted by Gasteiger charge is 2.31. The lowest BCUT2D eigenvalue weighted by molar-refractivity contribution is -0.157. The third-order valence-corrected chi connectivity index (χ3v) is 8.35. The summed E-state index contributed by atoms with van der Waals surface area (Å²) >= 11 is 0. The van der Waals surface area contributed by atoms with Gasteiger partial charge in [-0.3, -0.25) is 9.36 Å². The molecule has 2 aromatic carbocycles. The highest BCUT2D eigenvalue weighted by atomic mass is 32.2. The van der Waals surface area contributed by atoms with Gasteiger partial charge in [0.2, 0.25) is 28.0 Å². The van der Waals surface area contributed by atoms with Gasteiger partial charge in [0.05, 0.1) is 30.7 Å². The van der Waals surface area contributed by atoms with Crippen LogP contribution < -0.4 is 4.74 Å². The molecule has 0 fully saturated rings. The molecular weight excluding hydrogens is 528 g/mol. The minimum absolute atomic E-state index is 0.0312. The van der Waals surface area contributed by atoms with Crippen LogP contribution in [0.1, 0.15) is 29.6 Å². The van der Waals surface area contributed by atoms with Gasteiger partial charge in [-0.05, 0) is 42.0 Å². The third-order valence-electron chi connectivity index (χ3n) is 6.44. The minimum Gasteiger partial charge on any atom is -0.497 e. The van der Waals surface area contributed by atoms with Crippen molar-refractivity contribution in [2.45, 2.75) is 30.4 Å². The number of carbonyl (C=O) groups is 2. The van der Waals surface area contributed by atoms with Gasteiger partial charge in [-0.2, -0.15) is 4.31 Å². The first-order chi connectivity index (χ1) is 18.6. The molecule has 0 saturated heterocycles. The van der Waals surface area contributed by atoms with E-state index in [-0.39, 0.29) is 42.7 Å². The number of carbonyl (C=O) groups excluding carboxylic acids is 1. The standard InChI is InChI=1S/C27H30N2O9S/c1-18(31)29-17-23(22-5-3-4-6-24(22)29)19-15-25(27(32)33)38-26(16-19)37-14-12-28(11-13-30)39(34,35)21-9-7-20(36-2)8-10-21/h3-10,15,17,19,26,30H,11-14,16H2,1-2H3,(H,32,33)/t19-,26+/m1/s1. The van der Waals surface area contributed by atoms with Crippen molar-refractivity contribution >= 4 is 32.8 Å². The van der Waals surface area contributed by atoms with Gasteiger partial charge in [0.15, 0.2) is 0 Å². The van der Waals surface area contributed by atoms with Crippen molar-refractivity contribution in [1.29, 1.82) is 0 Å². The lowest BCUT2D eigenvalue weighted by Crippen LogP contribution is -2.37. The number of ether oxygens (including phenoxy) is 3. The molecule has 2 atom stereocenters. The van der Waals surface area contributed by atoms with Crippen LogP contribution in [-0.4, -0.2) is 79.1 Å². The Morgan fingerprint density at radius 2 is 1.85 bits per heavy atom. The number of aliphatic hydroxyl groups is 1. The summed E-state index contributed by atoms with van der Waals surface area (Å²) in [5.74, 6) is -1.68. The zero-order valence-corrected chi connectivity index (χ0v) is 22.3. The highest BCUT2D eigenvalue weighted by molar-refractivity contribution is 7.89. The number of sulfonamides is 1. The largest absolute Gasteiger partial charge is 0.497 e. The second-order valence-corrected chi connectivity index (χ2v) is 10.8. The summed E-state index contributed by atoms with van der Waals surface area (Å²) in [6.45, 7) is 0.674. The first-order valence-corrected chi connectivity index (χ1v) is 13.7. The monoisotopic (exact) mass is 558 g/mol. The number of aliphatic hydroxyl groups excluding tert-OH is 1. The van der Waals surface area contributed by atoms with Crippen LogP contribution in [-0.2, 0) is 24.3 Å². The van der Waals surface area contributed by atoms with Crippen LogP contribution in [0, 0.1) is 0 Å². The minimum atomic E-state index is -3.94. The van der Waals surface area contributed by atoms with Gasteiger partial charge in [-0.15, -0.1) is 0 Å². The van der Waals surface area contributed by atoms with Crippen molar-refractivity contribution in [2.24, 2.45) is 0 Å². The molecule has 1 aliphatic rings. The summed E-state index contributed by atoms with van der Waals surface area (Å²) in [5.41, 5.74) is 1.46. The van der Waals surface area contributed by atoms with Gasteiger partial charge in [-0.25, -0.2) is 13.2 Å². The zero-order chi connectivity index (χ0) is 28.2. The highest BCUT2D eigenvalue weighted by Crippen LogP contribution is 2.36. The molecule has 4 rings (SSSR count). The second-order valence-electron chi connectivity index (χ2n) is 8.89. The first-order valence-electron chi connectivity index (χ1n) is 12.2. The summed E-state index contributed by atoms with van der Waals surface area (Å²) in [7, 11) is -2.47. The molecule has 3 aromatic rings. The summed E-state index contributed by atoms with van der Waals surface area (Å²) in [5, 5.41) is 19.9. The lowest BCUT2D eigenvalue weighted by atomic mass is 9.92. The molecule has 12 heteroatoms. The lowest BCUT2D eigenvalue weighted by Gasteiger charge is -2.29. The maximum Gasteiger partial charge on any atom is 0.370 e. The van der Waals surface area contributed by atoms with Gasteiger partial charge in [-0.1, -0.05) is 18.2 Å². The average Bonchev–Trinajstić information content (AvgIpc) is 3.32. The fraction of sp³-hybridized carbons (Fsp3) is 0.333. The van der Waals surface area contributed by atoms with Crippen molar-refractivity contribution in [3.63, 3.8) is 0 Å². The van der Waals surface area contributed by atoms with Gasteiger partial charge in [0.25, 0.3) is 0 Å². The number of fused-ring (bicyclic) bond motifs is 1. The van der Waals surface area contributed by atoms with E-state index in [1.807, 2.05) is 24.3 Å². The second kappa shape index (κ2) is 12.0. The molecule has 0 spiro atoms. The first kappa shape index (κ1) is 28.3. The van der Waals surface area contributed by atoms with E-state index in [0.29, 0.717) is 11.3 Å². The summed E-state index contributed by atoms with van der Waals surface area (Å²) < 4.78 is 45.3. The quantitative estimate of drug-likeness (QED) is 0.363. The van der Waals surface area contributed by atoms with E-state index in [1.54, 1.807) is 6.20 Å². The summed E-state index contributed by atoms with van der Waals surface area (Å²) in [4.78, 5) is 24.0. The molecule has 2 N–H and O–H groups in total. The van der Waals surface area contributed by atoms with Gasteiger partial charge < -0.3 is 24.4 Å². The molecule has 2 heterocycles. The van der Waals surface area contributed by atoms with Gasteiger partial charge in [0, 0.05) is 43.9 Å². The fourth-order valence-electron chi connectivity index (χ4n) is 4.54. The molecular formula is C27H30N2O9S. The van der Waals surface area contributed by atoms with Crippen LogP contribution in [0.3, 0.4) is 0 Å². The Kier molecular flexibility index (Phi) is 8.70. The molecule has 0 saturated carbocycles. The number of aliphatic carboxylic acids is 1. The van der Waals surface area contributed by atoms with Crippen LogP contribution in [0.5, 0.6) is 5.75 Å². The van der Waals surface area contributed by atoms with Gasteiger partial charge in [0.1, 0.15) is 5.75 Å². The van der Waals surface area contributed by atoms with Crippen LogP contribution in [0.4, 0.5) is 0 Å². The number of methoxy groups -OCH3 is 1. The van der Waals surface area contributed by atoms with Crippen LogP contribution in [0.25, 0.3) is 10.9 Å². The molecule has 0 unspecified atom stereocenters. The number of nitrogens with zero attached hydrogens (tertiary/aromatic N) is 2. The molecule has 1 aliphatic heterocycles. The Hall–Kier alpha value is -3.71. The number of benzene rings is 2. The number of aromatic nitrogens is 1. The SMILES string of the molecule is COc1ccc(S(=O)(=O)N(CCO)CCO[C@@H]2C[C@H](c3cn(C(C)=O)c4ccccc34)C=C(C(=O)O)O2)cc1. The number of hydrogen-bond acceptors (Lipinski definition) is 8. The fourth-order valence-corrected chi connectivity index (χ4v) is 5.95. The summed E-state index contributed by atoms with van der Waals surface area (Å²) in [6, 6.07) is 13.2. The predicted molar refractivity (Wildman–Crippen MR) is 141 cm³/mol. The molecule has 0 aliphatic carbocycles. The number of carboxylic acid groups (broad SMARTS) is 1. The van der Waals surface area contributed by atoms with Crippen LogP contribution in [0.15, 0.2) is 71.5 Å². The Morgan fingerprint density at radius 1 is 1.13 bits per heavy atom. The molecule has 11 nitrogen and oxygen atoms in total. The maximum absolute atomic E-state index is 13.1. The smallest absolute Gasteiger partial charge is 0.370 e. The van der Waals surface area contributed by atoms with Crippen molar-refractivity contribution < 1.29 is 42.4 Å². The van der Waals surface area contributed by atoms with Crippen LogP contribution >= 0.6 is 0 Å². The number of carboxylic acids is 1. The predicted octanol–water partition coefficient (Wildman–Crippen LogP) is 2.81. The number of rotatable bonds is 11. The van der Waals surface area contributed by atoms with Gasteiger partial charge >= 0.3 is 5.97 Å². The molecule has 39 heavy (non-hydrogen) atoms. The van der Waals surface area contributed by atoms with E-state index in [0.717, 1.165) is 15.3 Å². The van der Waals surface area contributed by atoms with E-state index in [4.69, 9.17) is 14.2 Å². The maximum atomic E-state index is 13.1. The Balaban J connectivity index is 1.51.